The van der Waals surface area contributed by atoms with Gasteiger partial charge in [-0.15, -0.1) is 0 Å². The number of imidazole rings is 1. The molecule has 0 aliphatic heterocycles. The van der Waals surface area contributed by atoms with Crippen LogP contribution in [0.1, 0.15) is 25.8 Å². The second-order valence-corrected chi connectivity index (χ2v) is 4.12. The van der Waals surface area contributed by atoms with Crippen LogP contribution in [0.25, 0.3) is 11.5 Å². The zero-order valence-electron chi connectivity index (χ0n) is 9.58. The summed E-state index contributed by atoms with van der Waals surface area (Å²) in [5.41, 5.74) is 6.73. The van der Waals surface area contributed by atoms with Gasteiger partial charge in [-0.05, 0) is 5.92 Å². The summed E-state index contributed by atoms with van der Waals surface area (Å²) in [7, 11) is 1.88. The standard InChI is InChI=1S/C10H15N5O/c1-6(2)8(11)10-13-9(14-16-10)7-4-12-5-15(7)3/h4-6,8H,11H2,1-3H3. The van der Waals surface area contributed by atoms with Crippen LogP contribution in [0.3, 0.4) is 0 Å². The van der Waals surface area contributed by atoms with E-state index in [0.29, 0.717) is 11.7 Å². The van der Waals surface area contributed by atoms with Crippen molar-refractivity contribution in [1.29, 1.82) is 0 Å². The van der Waals surface area contributed by atoms with Crippen molar-refractivity contribution in [3.63, 3.8) is 0 Å². The Hall–Kier alpha value is -1.69. The summed E-state index contributed by atoms with van der Waals surface area (Å²) in [6.07, 6.45) is 3.38. The SMILES string of the molecule is CC(C)C(N)c1nc(-c2cncn2C)no1. The molecule has 0 aliphatic rings. The fourth-order valence-corrected chi connectivity index (χ4v) is 1.33. The van der Waals surface area contributed by atoms with Gasteiger partial charge in [-0.2, -0.15) is 4.98 Å². The van der Waals surface area contributed by atoms with E-state index in [-0.39, 0.29) is 12.0 Å². The Bertz CT molecular complexity index is 473. The number of hydrogen-bond acceptors (Lipinski definition) is 5. The van der Waals surface area contributed by atoms with Gasteiger partial charge in [-0.3, -0.25) is 0 Å². The van der Waals surface area contributed by atoms with Crippen LogP contribution in [0.15, 0.2) is 17.0 Å². The van der Waals surface area contributed by atoms with E-state index >= 15 is 0 Å². The van der Waals surface area contributed by atoms with Crippen molar-refractivity contribution < 1.29 is 4.52 Å². The maximum Gasteiger partial charge on any atom is 0.244 e. The van der Waals surface area contributed by atoms with Crippen molar-refractivity contribution in [2.24, 2.45) is 18.7 Å². The van der Waals surface area contributed by atoms with E-state index in [1.54, 1.807) is 12.5 Å². The third kappa shape index (κ3) is 1.83. The summed E-state index contributed by atoms with van der Waals surface area (Å²) in [5.74, 6) is 1.25. The maximum absolute atomic E-state index is 5.92. The number of aromatic nitrogens is 4. The number of nitrogens with two attached hydrogens (primary N) is 1. The molecule has 0 amide bonds. The van der Waals surface area contributed by atoms with Gasteiger partial charge in [0.05, 0.1) is 18.6 Å². The average molecular weight is 221 g/mol. The maximum atomic E-state index is 5.92. The normalized spacial score (nSPS) is 13.3. The monoisotopic (exact) mass is 221 g/mol. The van der Waals surface area contributed by atoms with Gasteiger partial charge >= 0.3 is 0 Å². The first-order valence-corrected chi connectivity index (χ1v) is 5.15. The predicted octanol–water partition coefficient (Wildman–Crippen LogP) is 1.13. The second-order valence-electron chi connectivity index (χ2n) is 4.12. The molecule has 6 nitrogen and oxygen atoms in total. The largest absolute Gasteiger partial charge is 0.337 e. The van der Waals surface area contributed by atoms with E-state index in [1.165, 1.54) is 0 Å². The van der Waals surface area contributed by atoms with Crippen molar-refractivity contribution in [2.45, 2.75) is 19.9 Å². The summed E-state index contributed by atoms with van der Waals surface area (Å²) in [6.45, 7) is 4.03. The molecule has 2 aromatic heterocycles. The first kappa shape index (κ1) is 10.8. The molecule has 0 fully saturated rings. The van der Waals surface area contributed by atoms with Crippen molar-refractivity contribution in [1.82, 2.24) is 19.7 Å². The summed E-state index contributed by atoms with van der Waals surface area (Å²) in [4.78, 5) is 8.27. The van der Waals surface area contributed by atoms with Gasteiger partial charge < -0.3 is 14.8 Å². The molecule has 0 radical (unpaired) electrons. The molecule has 1 unspecified atom stereocenters. The van der Waals surface area contributed by atoms with Gasteiger partial charge in [0.25, 0.3) is 0 Å². The Kier molecular flexibility index (Phi) is 2.74. The highest BCUT2D eigenvalue weighted by atomic mass is 16.5. The quantitative estimate of drug-likeness (QED) is 0.839. The molecule has 0 bridgehead atoms. The molecule has 86 valence electrons. The van der Waals surface area contributed by atoms with E-state index in [9.17, 15) is 0 Å². The van der Waals surface area contributed by atoms with Crippen molar-refractivity contribution in [3.8, 4) is 11.5 Å². The lowest BCUT2D eigenvalue weighted by Crippen LogP contribution is -2.16. The first-order valence-electron chi connectivity index (χ1n) is 5.15. The minimum absolute atomic E-state index is 0.227. The molecule has 2 heterocycles. The minimum atomic E-state index is -0.227. The highest BCUT2D eigenvalue weighted by molar-refractivity contribution is 5.47. The van der Waals surface area contributed by atoms with Gasteiger partial charge in [-0.1, -0.05) is 19.0 Å². The number of nitrogens with zero attached hydrogens (tertiary/aromatic N) is 4. The number of rotatable bonds is 3. The predicted molar refractivity (Wildman–Crippen MR) is 58.3 cm³/mol. The van der Waals surface area contributed by atoms with Crippen LogP contribution in [0, 0.1) is 5.92 Å². The molecule has 2 N–H and O–H groups in total. The molecule has 2 aromatic rings. The Morgan fingerprint density at radius 1 is 1.44 bits per heavy atom. The second kappa shape index (κ2) is 4.05. The Morgan fingerprint density at radius 3 is 2.75 bits per heavy atom. The summed E-state index contributed by atoms with van der Waals surface area (Å²) < 4.78 is 6.97. The molecule has 16 heavy (non-hydrogen) atoms. The zero-order valence-corrected chi connectivity index (χ0v) is 9.58. The first-order chi connectivity index (χ1) is 7.59. The Morgan fingerprint density at radius 2 is 2.19 bits per heavy atom. The summed E-state index contributed by atoms with van der Waals surface area (Å²) >= 11 is 0. The zero-order chi connectivity index (χ0) is 11.7. The molecule has 0 saturated carbocycles. The fraction of sp³-hybridized carbons (Fsp3) is 0.500. The number of hydrogen-bond donors (Lipinski definition) is 1. The van der Waals surface area contributed by atoms with Gasteiger partial charge in [0, 0.05) is 7.05 Å². The van der Waals surface area contributed by atoms with Crippen LogP contribution >= 0.6 is 0 Å². The van der Waals surface area contributed by atoms with Crippen LogP contribution < -0.4 is 5.73 Å². The van der Waals surface area contributed by atoms with Gasteiger partial charge in [-0.25, -0.2) is 4.98 Å². The van der Waals surface area contributed by atoms with E-state index < -0.39 is 0 Å². The van der Waals surface area contributed by atoms with E-state index in [2.05, 4.69) is 15.1 Å². The minimum Gasteiger partial charge on any atom is -0.337 e. The number of aryl methyl sites for hydroxylation is 1. The van der Waals surface area contributed by atoms with Gasteiger partial charge in [0.15, 0.2) is 0 Å². The van der Waals surface area contributed by atoms with Crippen molar-refractivity contribution >= 4 is 0 Å². The lowest BCUT2D eigenvalue weighted by atomic mass is 10.1. The Balaban J connectivity index is 2.30. The molecule has 6 heteroatoms. The molecular formula is C10H15N5O. The highest BCUT2D eigenvalue weighted by Gasteiger charge is 2.19. The molecule has 0 spiro atoms. The van der Waals surface area contributed by atoms with Crippen LogP contribution in [0.2, 0.25) is 0 Å². The smallest absolute Gasteiger partial charge is 0.244 e. The third-order valence-electron chi connectivity index (χ3n) is 2.49. The van der Waals surface area contributed by atoms with Crippen LogP contribution in [0.4, 0.5) is 0 Å². The van der Waals surface area contributed by atoms with Crippen LogP contribution in [0.5, 0.6) is 0 Å². The average Bonchev–Trinajstić information content (AvgIpc) is 2.84. The topological polar surface area (TPSA) is 82.8 Å². The van der Waals surface area contributed by atoms with Crippen molar-refractivity contribution in [3.05, 3.63) is 18.4 Å². The highest BCUT2D eigenvalue weighted by Crippen LogP contribution is 2.20. The summed E-state index contributed by atoms with van der Waals surface area (Å²) in [6, 6.07) is -0.227. The third-order valence-corrected chi connectivity index (χ3v) is 2.49. The van der Waals surface area contributed by atoms with Crippen molar-refractivity contribution in [2.75, 3.05) is 0 Å². The molecule has 1 atom stereocenters. The van der Waals surface area contributed by atoms with E-state index in [4.69, 9.17) is 10.3 Å². The van der Waals surface area contributed by atoms with E-state index in [0.717, 1.165) is 5.69 Å². The molecule has 0 aromatic carbocycles. The fourth-order valence-electron chi connectivity index (χ4n) is 1.33. The molecular weight excluding hydrogens is 206 g/mol. The van der Waals surface area contributed by atoms with Crippen LogP contribution in [-0.4, -0.2) is 19.7 Å². The van der Waals surface area contributed by atoms with Gasteiger partial charge in [0.1, 0.15) is 5.69 Å². The van der Waals surface area contributed by atoms with E-state index in [1.807, 2.05) is 25.5 Å². The Labute approximate surface area is 93.5 Å². The lowest BCUT2D eigenvalue weighted by Gasteiger charge is -2.09. The molecule has 0 aliphatic carbocycles. The van der Waals surface area contributed by atoms with Crippen LogP contribution in [-0.2, 0) is 7.05 Å². The summed E-state index contributed by atoms with van der Waals surface area (Å²) in [5, 5.41) is 3.90. The lowest BCUT2D eigenvalue weighted by molar-refractivity contribution is 0.325. The van der Waals surface area contributed by atoms with Gasteiger partial charge in [0.2, 0.25) is 11.7 Å². The molecule has 0 saturated heterocycles. The molecule has 2 rings (SSSR count).